The molecule has 36 heavy (non-hydrogen) atoms. The van der Waals surface area contributed by atoms with Crippen LogP contribution in [-0.4, -0.2) is 15.1 Å². The van der Waals surface area contributed by atoms with Crippen molar-refractivity contribution in [3.63, 3.8) is 0 Å². The van der Waals surface area contributed by atoms with E-state index in [9.17, 15) is 5.11 Å². The van der Waals surface area contributed by atoms with Crippen molar-refractivity contribution in [1.82, 2.24) is 9.97 Å². The van der Waals surface area contributed by atoms with Gasteiger partial charge in [0.05, 0.1) is 11.3 Å². The fraction of sp³-hybridized carbons (Fsp3) is 0.250. The van der Waals surface area contributed by atoms with Gasteiger partial charge in [-0.1, -0.05) is 65.8 Å². The topological polar surface area (TPSA) is 59.2 Å². The normalized spacial score (nSPS) is 12.3. The molecule has 2 aromatic heterocycles. The molecule has 0 unspecified atom stereocenters. The van der Waals surface area contributed by atoms with Gasteiger partial charge in [0, 0.05) is 17.3 Å². The van der Waals surface area contributed by atoms with Crippen LogP contribution in [0.3, 0.4) is 0 Å². The van der Waals surface area contributed by atoms with E-state index in [4.69, 9.17) is 9.40 Å². The van der Waals surface area contributed by atoms with Crippen LogP contribution >= 0.6 is 0 Å². The number of fused-ring (bicyclic) bond motifs is 1. The number of oxazole rings is 1. The summed E-state index contributed by atoms with van der Waals surface area (Å²) in [6, 6.07) is 24.1. The van der Waals surface area contributed by atoms with Gasteiger partial charge in [-0.2, -0.15) is 0 Å². The lowest BCUT2D eigenvalue weighted by Crippen LogP contribution is -2.12. The van der Waals surface area contributed by atoms with Gasteiger partial charge >= 0.3 is 0 Å². The Morgan fingerprint density at radius 1 is 0.694 bits per heavy atom. The minimum Gasteiger partial charge on any atom is -0.507 e. The number of phenolic OH excluding ortho intramolecular Hbond substituents is 1. The molecule has 0 saturated heterocycles. The molecule has 0 aliphatic heterocycles. The van der Waals surface area contributed by atoms with Gasteiger partial charge in [-0.15, -0.1) is 0 Å². The highest BCUT2D eigenvalue weighted by molar-refractivity contribution is 5.94. The highest BCUT2D eigenvalue weighted by Gasteiger charge is 2.23. The molecule has 3 aromatic carbocycles. The van der Waals surface area contributed by atoms with Gasteiger partial charge in [-0.05, 0) is 76.1 Å². The molecular formula is C32H32N2O2. The minimum atomic E-state index is -0.0871. The molecule has 0 aliphatic rings. The van der Waals surface area contributed by atoms with Crippen molar-refractivity contribution >= 4 is 11.1 Å². The van der Waals surface area contributed by atoms with Gasteiger partial charge in [-0.3, -0.25) is 4.98 Å². The number of rotatable bonds is 3. The fourth-order valence-corrected chi connectivity index (χ4v) is 4.35. The number of hydrogen-bond donors (Lipinski definition) is 1. The molecule has 2 heterocycles. The molecule has 1 N–H and O–H groups in total. The third-order valence-electron chi connectivity index (χ3n) is 6.57. The second-order valence-electron chi connectivity index (χ2n) is 11.4. The molecule has 0 saturated carbocycles. The van der Waals surface area contributed by atoms with E-state index in [0.29, 0.717) is 17.0 Å². The second-order valence-corrected chi connectivity index (χ2v) is 11.4. The van der Waals surface area contributed by atoms with Crippen LogP contribution in [0, 0.1) is 0 Å². The number of nitrogens with zero attached hydrogens (tertiary/aromatic N) is 2. The predicted octanol–water partition coefficient (Wildman–Crippen LogP) is 8.52. The summed E-state index contributed by atoms with van der Waals surface area (Å²) in [4.78, 5) is 9.51. The van der Waals surface area contributed by atoms with Crippen LogP contribution in [0.15, 0.2) is 83.4 Å². The molecule has 5 rings (SSSR count). The van der Waals surface area contributed by atoms with Gasteiger partial charge in [0.15, 0.2) is 5.58 Å². The van der Waals surface area contributed by atoms with Gasteiger partial charge in [0.2, 0.25) is 5.89 Å². The maximum Gasteiger partial charge on any atom is 0.231 e. The summed E-state index contributed by atoms with van der Waals surface area (Å²) in [5.74, 6) is 0.557. The van der Waals surface area contributed by atoms with E-state index in [1.807, 2.05) is 36.5 Å². The van der Waals surface area contributed by atoms with Gasteiger partial charge < -0.3 is 9.52 Å². The summed E-state index contributed by atoms with van der Waals surface area (Å²) in [7, 11) is 0. The van der Waals surface area contributed by atoms with Crippen molar-refractivity contribution in [2.75, 3.05) is 0 Å². The number of aromatic nitrogens is 2. The van der Waals surface area contributed by atoms with E-state index in [1.165, 1.54) is 5.56 Å². The third kappa shape index (κ3) is 4.51. The average Bonchev–Trinajstić information content (AvgIpc) is 3.27. The number of hydrogen-bond acceptors (Lipinski definition) is 4. The van der Waals surface area contributed by atoms with E-state index in [-0.39, 0.29) is 16.6 Å². The van der Waals surface area contributed by atoms with Crippen molar-refractivity contribution < 1.29 is 9.52 Å². The Bertz CT molecular complexity index is 1550. The quantitative estimate of drug-likeness (QED) is 0.283. The zero-order chi connectivity index (χ0) is 25.7. The summed E-state index contributed by atoms with van der Waals surface area (Å²) in [6.07, 6.45) is 1.83. The molecule has 0 fully saturated rings. The first-order chi connectivity index (χ1) is 17.0. The van der Waals surface area contributed by atoms with E-state index >= 15 is 0 Å². The minimum absolute atomic E-state index is 0.0505. The zero-order valence-corrected chi connectivity index (χ0v) is 21.8. The van der Waals surface area contributed by atoms with Crippen LogP contribution in [0.4, 0.5) is 0 Å². The van der Waals surface area contributed by atoms with Crippen molar-refractivity contribution in [2.45, 2.75) is 52.4 Å². The first kappa shape index (κ1) is 23.8. The van der Waals surface area contributed by atoms with Crippen molar-refractivity contribution in [2.24, 2.45) is 0 Å². The van der Waals surface area contributed by atoms with Crippen LogP contribution in [-0.2, 0) is 10.8 Å². The van der Waals surface area contributed by atoms with Crippen LogP contribution in [0.2, 0.25) is 0 Å². The predicted molar refractivity (Wildman–Crippen MR) is 147 cm³/mol. The van der Waals surface area contributed by atoms with Gasteiger partial charge in [0.1, 0.15) is 11.3 Å². The Hall–Kier alpha value is -3.92. The fourth-order valence-electron chi connectivity index (χ4n) is 4.35. The lowest BCUT2D eigenvalue weighted by Gasteiger charge is -2.23. The van der Waals surface area contributed by atoms with Gasteiger partial charge in [-0.25, -0.2) is 4.98 Å². The molecule has 5 aromatic rings. The smallest absolute Gasteiger partial charge is 0.231 e. The van der Waals surface area contributed by atoms with Crippen LogP contribution in [0.1, 0.15) is 52.7 Å². The standard InChI is InChI=1S/C32H32N2O2/c1-31(2,3)22-16-20(15-21(17-22)26-12-9-10-14-33-26)25-18-23(32(4,5)6)19-28-29(25)34-30(36-28)24-11-7-8-13-27(24)35/h7-19,35H,1-6H3. The Balaban J connectivity index is 1.81. The summed E-state index contributed by atoms with van der Waals surface area (Å²) in [5.41, 5.74) is 8.37. The lowest BCUT2D eigenvalue weighted by molar-refractivity contribution is 0.474. The molecule has 4 heteroatoms. The van der Waals surface area contributed by atoms with Crippen LogP contribution in [0.25, 0.3) is 44.9 Å². The van der Waals surface area contributed by atoms with Crippen LogP contribution < -0.4 is 0 Å². The summed E-state index contributed by atoms with van der Waals surface area (Å²) in [5, 5.41) is 10.4. The number of pyridine rings is 1. The maximum absolute atomic E-state index is 10.4. The van der Waals surface area contributed by atoms with Crippen LogP contribution in [0.5, 0.6) is 5.75 Å². The van der Waals surface area contributed by atoms with E-state index in [2.05, 4.69) is 76.9 Å². The second kappa shape index (κ2) is 8.63. The SMILES string of the molecule is CC(C)(C)c1cc(-c2ccccn2)cc(-c2cc(C(C)(C)C)cc3oc(-c4ccccc4O)nc23)c1. The zero-order valence-electron chi connectivity index (χ0n) is 21.8. The molecule has 0 spiro atoms. The average molecular weight is 477 g/mol. The highest BCUT2D eigenvalue weighted by atomic mass is 16.3. The molecule has 0 radical (unpaired) electrons. The van der Waals surface area contributed by atoms with Crippen molar-refractivity contribution in [3.05, 3.63) is 90.1 Å². The van der Waals surface area contributed by atoms with E-state index in [1.54, 1.807) is 12.1 Å². The first-order valence-corrected chi connectivity index (χ1v) is 12.3. The van der Waals surface area contributed by atoms with Gasteiger partial charge in [0.25, 0.3) is 0 Å². The van der Waals surface area contributed by atoms with E-state index in [0.717, 1.165) is 33.5 Å². The molecule has 0 atom stereocenters. The third-order valence-corrected chi connectivity index (χ3v) is 6.57. The number of para-hydroxylation sites is 1. The Morgan fingerprint density at radius 3 is 2.03 bits per heavy atom. The number of benzene rings is 3. The Kier molecular flexibility index (Phi) is 5.71. The monoisotopic (exact) mass is 476 g/mol. The summed E-state index contributed by atoms with van der Waals surface area (Å²) < 4.78 is 6.26. The number of phenols is 1. The largest absolute Gasteiger partial charge is 0.507 e. The summed E-state index contributed by atoms with van der Waals surface area (Å²) >= 11 is 0. The van der Waals surface area contributed by atoms with Crippen molar-refractivity contribution in [1.29, 1.82) is 0 Å². The van der Waals surface area contributed by atoms with E-state index < -0.39 is 0 Å². The molecule has 0 aliphatic carbocycles. The molecule has 0 bridgehead atoms. The van der Waals surface area contributed by atoms with Crippen molar-refractivity contribution in [3.8, 4) is 39.6 Å². The summed E-state index contributed by atoms with van der Waals surface area (Å²) in [6.45, 7) is 13.3. The maximum atomic E-state index is 10.4. The number of aromatic hydroxyl groups is 1. The Labute approximate surface area is 212 Å². The molecule has 4 nitrogen and oxygen atoms in total. The highest BCUT2D eigenvalue weighted by Crippen LogP contribution is 2.40. The molecule has 182 valence electrons. The Morgan fingerprint density at radius 2 is 1.36 bits per heavy atom. The lowest BCUT2D eigenvalue weighted by atomic mass is 9.82. The molecule has 0 amide bonds. The molecular weight excluding hydrogens is 444 g/mol. The first-order valence-electron chi connectivity index (χ1n) is 12.3.